The molecule has 1 atom stereocenters. The normalized spacial score (nSPS) is 26.1. The molecule has 2 saturated heterocycles. The predicted molar refractivity (Wildman–Crippen MR) is 56.6 cm³/mol. The number of likely N-dealkylation sites (tertiary alicyclic amines) is 1. The van der Waals surface area contributed by atoms with Crippen molar-refractivity contribution >= 4 is 12.0 Å². The zero-order chi connectivity index (χ0) is 13.2. The third-order valence-electron chi connectivity index (χ3n) is 3.27. The van der Waals surface area contributed by atoms with Crippen molar-refractivity contribution in [2.75, 3.05) is 33.4 Å². The molecule has 0 saturated carbocycles. The van der Waals surface area contributed by atoms with Crippen LogP contribution in [0.2, 0.25) is 0 Å². The first-order chi connectivity index (χ1) is 8.63. The Balaban J connectivity index is 2.16. The van der Waals surface area contributed by atoms with E-state index < -0.39 is 23.7 Å². The van der Waals surface area contributed by atoms with Crippen molar-refractivity contribution in [1.29, 1.82) is 0 Å². The summed E-state index contributed by atoms with van der Waals surface area (Å²) in [7, 11) is 1.29. The van der Waals surface area contributed by atoms with E-state index >= 15 is 0 Å². The van der Waals surface area contributed by atoms with E-state index in [1.54, 1.807) is 5.48 Å². The van der Waals surface area contributed by atoms with Crippen molar-refractivity contribution in [3.63, 3.8) is 0 Å². The van der Waals surface area contributed by atoms with Crippen LogP contribution in [0.5, 0.6) is 0 Å². The first-order valence-corrected chi connectivity index (χ1v) is 5.68. The Morgan fingerprint density at radius 3 is 2.67 bits per heavy atom. The van der Waals surface area contributed by atoms with Crippen LogP contribution >= 0.6 is 0 Å². The Morgan fingerprint density at radius 2 is 2.11 bits per heavy atom. The van der Waals surface area contributed by atoms with Gasteiger partial charge in [-0.1, -0.05) is 0 Å². The van der Waals surface area contributed by atoms with Crippen molar-refractivity contribution < 1.29 is 29.0 Å². The molecule has 2 aliphatic rings. The number of carbonyl (C=O) groups excluding carboxylic acids is 2. The molecule has 2 heterocycles. The van der Waals surface area contributed by atoms with Gasteiger partial charge in [-0.3, -0.25) is 10.0 Å². The summed E-state index contributed by atoms with van der Waals surface area (Å²) in [5, 5.41) is 8.74. The van der Waals surface area contributed by atoms with Gasteiger partial charge >= 0.3 is 6.09 Å². The summed E-state index contributed by atoms with van der Waals surface area (Å²) in [6.45, 7) is 1.16. The number of ether oxygens (including phenoxy) is 3. The lowest BCUT2D eigenvalue weighted by Gasteiger charge is -2.42. The van der Waals surface area contributed by atoms with Crippen LogP contribution in [0.4, 0.5) is 4.79 Å². The number of nitrogens with zero attached hydrogens (tertiary/aromatic N) is 1. The second kappa shape index (κ2) is 5.09. The van der Waals surface area contributed by atoms with Crippen molar-refractivity contribution in [3.05, 3.63) is 0 Å². The van der Waals surface area contributed by atoms with Crippen LogP contribution in [-0.4, -0.2) is 61.3 Å². The molecule has 2 fully saturated rings. The molecule has 0 aromatic heterocycles. The second-order valence-electron chi connectivity index (χ2n) is 4.22. The van der Waals surface area contributed by atoms with Crippen molar-refractivity contribution in [2.24, 2.45) is 5.92 Å². The van der Waals surface area contributed by atoms with Gasteiger partial charge in [-0.2, -0.15) is 0 Å². The molecule has 2 N–H and O–H groups in total. The zero-order valence-corrected chi connectivity index (χ0v) is 10.0. The molecular weight excluding hydrogens is 244 g/mol. The summed E-state index contributed by atoms with van der Waals surface area (Å²) in [5.74, 6) is -2.40. The van der Waals surface area contributed by atoms with Gasteiger partial charge in [0.05, 0.1) is 32.8 Å². The maximum atomic E-state index is 11.6. The number of nitrogens with one attached hydrogen (secondary N) is 1. The Morgan fingerprint density at radius 1 is 1.44 bits per heavy atom. The molecule has 8 nitrogen and oxygen atoms in total. The van der Waals surface area contributed by atoms with E-state index in [1.165, 1.54) is 12.0 Å². The number of hydrogen-bond acceptors (Lipinski definition) is 6. The van der Waals surface area contributed by atoms with Crippen LogP contribution in [0.1, 0.15) is 6.42 Å². The number of amides is 2. The van der Waals surface area contributed by atoms with Gasteiger partial charge in [0.25, 0.3) is 5.91 Å². The molecule has 102 valence electrons. The largest absolute Gasteiger partial charge is 0.453 e. The van der Waals surface area contributed by atoms with Gasteiger partial charge in [0.15, 0.2) is 5.79 Å². The molecule has 1 unspecified atom stereocenters. The van der Waals surface area contributed by atoms with Gasteiger partial charge in [-0.25, -0.2) is 10.3 Å². The number of hydroxylamine groups is 1. The minimum absolute atomic E-state index is 0.109. The van der Waals surface area contributed by atoms with E-state index in [4.69, 9.17) is 14.7 Å². The van der Waals surface area contributed by atoms with Crippen LogP contribution in [-0.2, 0) is 19.0 Å². The molecular formula is C10H16N2O6. The van der Waals surface area contributed by atoms with E-state index in [2.05, 4.69) is 4.74 Å². The average molecular weight is 260 g/mol. The Hall–Kier alpha value is -1.38. The Bertz CT molecular complexity index is 341. The fourth-order valence-corrected chi connectivity index (χ4v) is 2.42. The van der Waals surface area contributed by atoms with Gasteiger partial charge in [0.1, 0.15) is 0 Å². The molecule has 0 aromatic carbocycles. The summed E-state index contributed by atoms with van der Waals surface area (Å²) in [6.07, 6.45) is -0.155. The molecule has 18 heavy (non-hydrogen) atoms. The Kier molecular flexibility index (Phi) is 3.69. The molecule has 0 radical (unpaired) electrons. The van der Waals surface area contributed by atoms with Crippen molar-refractivity contribution in [3.8, 4) is 0 Å². The van der Waals surface area contributed by atoms with Crippen molar-refractivity contribution in [2.45, 2.75) is 12.2 Å². The van der Waals surface area contributed by atoms with Gasteiger partial charge in [0, 0.05) is 6.54 Å². The van der Waals surface area contributed by atoms with Crippen LogP contribution in [0.3, 0.4) is 0 Å². The van der Waals surface area contributed by atoms with Gasteiger partial charge < -0.3 is 19.1 Å². The Labute approximate surface area is 104 Å². The van der Waals surface area contributed by atoms with Gasteiger partial charge in [-0.15, -0.1) is 0 Å². The molecule has 1 spiro atoms. The second-order valence-corrected chi connectivity index (χ2v) is 4.22. The van der Waals surface area contributed by atoms with Crippen LogP contribution < -0.4 is 5.48 Å². The molecule has 2 aliphatic heterocycles. The number of rotatable bonds is 1. The van der Waals surface area contributed by atoms with Gasteiger partial charge in [-0.05, 0) is 6.42 Å². The molecule has 0 aromatic rings. The van der Waals surface area contributed by atoms with E-state index in [9.17, 15) is 9.59 Å². The van der Waals surface area contributed by atoms with E-state index in [1.807, 2.05) is 0 Å². The quantitative estimate of drug-likeness (QED) is 0.479. The number of hydrogen-bond donors (Lipinski definition) is 2. The minimum atomic E-state index is -1.18. The lowest BCUT2D eigenvalue weighted by atomic mass is 9.89. The van der Waals surface area contributed by atoms with E-state index in [0.717, 1.165) is 0 Å². The number of piperidine rings is 1. The topological polar surface area (TPSA) is 97.3 Å². The summed E-state index contributed by atoms with van der Waals surface area (Å²) in [4.78, 5) is 24.5. The van der Waals surface area contributed by atoms with Crippen molar-refractivity contribution in [1.82, 2.24) is 10.4 Å². The highest BCUT2D eigenvalue weighted by Gasteiger charge is 2.52. The molecule has 0 bridgehead atoms. The van der Waals surface area contributed by atoms with E-state index in [0.29, 0.717) is 26.2 Å². The lowest BCUT2D eigenvalue weighted by molar-refractivity contribution is -0.221. The van der Waals surface area contributed by atoms with Crippen LogP contribution in [0.25, 0.3) is 0 Å². The third-order valence-corrected chi connectivity index (χ3v) is 3.27. The fraction of sp³-hybridized carbons (Fsp3) is 0.800. The highest BCUT2D eigenvalue weighted by Crippen LogP contribution is 2.35. The maximum Gasteiger partial charge on any atom is 0.409 e. The summed E-state index contributed by atoms with van der Waals surface area (Å²) >= 11 is 0. The van der Waals surface area contributed by atoms with Crippen LogP contribution in [0, 0.1) is 5.92 Å². The highest BCUT2D eigenvalue weighted by molar-refractivity contribution is 5.79. The van der Waals surface area contributed by atoms with E-state index in [-0.39, 0.29) is 6.54 Å². The average Bonchev–Trinajstić information content (AvgIpc) is 2.85. The predicted octanol–water partition coefficient (Wildman–Crippen LogP) is -0.677. The lowest BCUT2D eigenvalue weighted by Crippen LogP contribution is -2.59. The molecule has 0 aliphatic carbocycles. The SMILES string of the molecule is COC(=O)N1CCC(C(=O)NO)C2(C1)OCCO2. The maximum absolute atomic E-state index is 11.6. The summed E-state index contributed by atoms with van der Waals surface area (Å²) in [5.41, 5.74) is 1.61. The minimum Gasteiger partial charge on any atom is -0.453 e. The number of carbonyl (C=O) groups is 2. The molecule has 2 rings (SSSR count). The summed E-state index contributed by atoms with van der Waals surface area (Å²) < 4.78 is 15.6. The summed E-state index contributed by atoms with van der Waals surface area (Å²) in [6, 6.07) is 0. The third kappa shape index (κ3) is 2.14. The van der Waals surface area contributed by atoms with Crippen LogP contribution in [0.15, 0.2) is 0 Å². The monoisotopic (exact) mass is 260 g/mol. The van der Waals surface area contributed by atoms with Gasteiger partial charge in [0.2, 0.25) is 0 Å². The zero-order valence-electron chi connectivity index (χ0n) is 10.0. The first kappa shape index (κ1) is 13.1. The highest BCUT2D eigenvalue weighted by atomic mass is 16.7. The first-order valence-electron chi connectivity index (χ1n) is 5.68. The number of methoxy groups -OCH3 is 1. The standard InChI is InChI=1S/C10H16N2O6/c1-16-9(14)12-3-2-7(8(13)11-15)10(6-12)17-4-5-18-10/h7,15H,2-6H2,1H3,(H,11,13). The smallest absolute Gasteiger partial charge is 0.409 e. The molecule has 2 amide bonds. The fourth-order valence-electron chi connectivity index (χ4n) is 2.42. The molecule has 8 heteroatoms.